The average Bonchev–Trinajstić information content (AvgIpc) is 3.17. The summed E-state index contributed by atoms with van der Waals surface area (Å²) in [6, 6.07) is 7.67. The fourth-order valence-corrected chi connectivity index (χ4v) is 1.97. The van der Waals surface area contributed by atoms with E-state index in [2.05, 4.69) is 15.8 Å². The molecule has 3 rings (SSSR count). The van der Waals surface area contributed by atoms with Gasteiger partial charge in [0, 0.05) is 11.4 Å². The second-order valence-electron chi connectivity index (χ2n) is 4.92. The molecule has 0 spiro atoms. The molecule has 0 bridgehead atoms. The van der Waals surface area contributed by atoms with E-state index in [-0.39, 0.29) is 24.8 Å². The standard InChI is InChI=1S/C14H15N3O3/c18-13(15-8-14(19)16-9-5-6-9)7-11-10-3-1-2-4-12(10)20-17-11/h1-4,9H,5-8H2,(H,15,18)(H,16,19). The summed E-state index contributed by atoms with van der Waals surface area (Å²) in [4.78, 5) is 23.2. The lowest BCUT2D eigenvalue weighted by atomic mass is 10.1. The third-order valence-corrected chi connectivity index (χ3v) is 3.17. The van der Waals surface area contributed by atoms with Crippen LogP contribution in [0.2, 0.25) is 0 Å². The van der Waals surface area contributed by atoms with Crippen LogP contribution in [0.5, 0.6) is 0 Å². The number of hydrogen-bond acceptors (Lipinski definition) is 4. The molecule has 1 aromatic carbocycles. The first-order chi connectivity index (χ1) is 9.72. The van der Waals surface area contributed by atoms with E-state index >= 15 is 0 Å². The molecule has 1 fully saturated rings. The number of aromatic nitrogens is 1. The van der Waals surface area contributed by atoms with Crippen LogP contribution in [0.25, 0.3) is 11.0 Å². The molecule has 2 aromatic rings. The fourth-order valence-electron chi connectivity index (χ4n) is 1.97. The highest BCUT2D eigenvalue weighted by molar-refractivity contribution is 5.89. The van der Waals surface area contributed by atoms with Crippen LogP contribution < -0.4 is 10.6 Å². The van der Waals surface area contributed by atoms with Gasteiger partial charge in [0.25, 0.3) is 0 Å². The Labute approximate surface area is 115 Å². The number of fused-ring (bicyclic) bond motifs is 1. The van der Waals surface area contributed by atoms with Gasteiger partial charge in [0.15, 0.2) is 5.58 Å². The number of carbonyl (C=O) groups is 2. The third-order valence-electron chi connectivity index (χ3n) is 3.17. The first-order valence-corrected chi connectivity index (χ1v) is 6.62. The van der Waals surface area contributed by atoms with Gasteiger partial charge in [-0.3, -0.25) is 9.59 Å². The number of benzene rings is 1. The number of para-hydroxylation sites is 1. The van der Waals surface area contributed by atoms with Gasteiger partial charge in [0.05, 0.1) is 13.0 Å². The van der Waals surface area contributed by atoms with E-state index in [9.17, 15) is 9.59 Å². The van der Waals surface area contributed by atoms with Gasteiger partial charge in [-0.2, -0.15) is 0 Å². The number of amides is 2. The lowest BCUT2D eigenvalue weighted by Crippen LogP contribution is -2.38. The Morgan fingerprint density at radius 1 is 1.25 bits per heavy atom. The number of carbonyl (C=O) groups excluding carboxylic acids is 2. The van der Waals surface area contributed by atoms with Crippen molar-refractivity contribution in [3.63, 3.8) is 0 Å². The van der Waals surface area contributed by atoms with Gasteiger partial charge in [-0.25, -0.2) is 0 Å². The minimum Gasteiger partial charge on any atom is -0.356 e. The van der Waals surface area contributed by atoms with E-state index in [1.165, 1.54) is 0 Å². The number of nitrogens with zero attached hydrogens (tertiary/aromatic N) is 1. The van der Waals surface area contributed by atoms with E-state index in [0.29, 0.717) is 17.3 Å². The normalized spacial score (nSPS) is 14.2. The Morgan fingerprint density at radius 2 is 2.05 bits per heavy atom. The summed E-state index contributed by atoms with van der Waals surface area (Å²) in [5.74, 6) is -0.388. The highest BCUT2D eigenvalue weighted by Crippen LogP contribution is 2.18. The van der Waals surface area contributed by atoms with Gasteiger partial charge in [0.2, 0.25) is 11.8 Å². The molecule has 0 radical (unpaired) electrons. The van der Waals surface area contributed by atoms with Crippen LogP contribution in [-0.2, 0) is 16.0 Å². The lowest BCUT2D eigenvalue weighted by Gasteiger charge is -2.04. The van der Waals surface area contributed by atoms with Crippen LogP contribution in [0.1, 0.15) is 18.5 Å². The van der Waals surface area contributed by atoms with Crippen LogP contribution in [0.3, 0.4) is 0 Å². The second-order valence-corrected chi connectivity index (χ2v) is 4.92. The van der Waals surface area contributed by atoms with Crippen LogP contribution in [0.4, 0.5) is 0 Å². The van der Waals surface area contributed by atoms with Gasteiger partial charge >= 0.3 is 0 Å². The zero-order valence-corrected chi connectivity index (χ0v) is 10.9. The maximum Gasteiger partial charge on any atom is 0.239 e. The van der Waals surface area contributed by atoms with E-state index in [4.69, 9.17) is 4.52 Å². The van der Waals surface area contributed by atoms with Gasteiger partial charge in [-0.15, -0.1) is 0 Å². The molecule has 0 aliphatic heterocycles. The Balaban J connectivity index is 1.54. The van der Waals surface area contributed by atoms with Crippen LogP contribution >= 0.6 is 0 Å². The molecule has 1 heterocycles. The summed E-state index contributed by atoms with van der Waals surface area (Å²) in [6.07, 6.45) is 2.17. The zero-order valence-electron chi connectivity index (χ0n) is 10.9. The minimum atomic E-state index is -0.241. The fraction of sp³-hybridized carbons (Fsp3) is 0.357. The van der Waals surface area contributed by atoms with E-state index in [1.54, 1.807) is 6.07 Å². The topological polar surface area (TPSA) is 84.2 Å². The van der Waals surface area contributed by atoms with Gasteiger partial charge in [-0.05, 0) is 25.0 Å². The number of nitrogens with one attached hydrogen (secondary N) is 2. The molecule has 0 unspecified atom stereocenters. The summed E-state index contributed by atoms with van der Waals surface area (Å²) in [7, 11) is 0. The van der Waals surface area contributed by atoms with Crippen molar-refractivity contribution in [2.45, 2.75) is 25.3 Å². The molecule has 1 aromatic heterocycles. The van der Waals surface area contributed by atoms with Gasteiger partial charge in [-0.1, -0.05) is 17.3 Å². The van der Waals surface area contributed by atoms with E-state index in [0.717, 1.165) is 18.2 Å². The third kappa shape index (κ3) is 2.96. The SMILES string of the molecule is O=C(Cc1noc2ccccc12)NCC(=O)NC1CC1. The smallest absolute Gasteiger partial charge is 0.239 e. The van der Waals surface area contributed by atoms with Crippen molar-refractivity contribution in [2.24, 2.45) is 0 Å². The number of rotatable bonds is 5. The summed E-state index contributed by atoms with van der Waals surface area (Å²) >= 11 is 0. The van der Waals surface area contributed by atoms with Crippen molar-refractivity contribution in [1.82, 2.24) is 15.8 Å². The predicted octanol–water partition coefficient (Wildman–Crippen LogP) is 0.765. The van der Waals surface area contributed by atoms with Gasteiger partial charge in [0.1, 0.15) is 5.69 Å². The van der Waals surface area contributed by atoms with Crippen molar-refractivity contribution in [3.05, 3.63) is 30.0 Å². The molecule has 6 heteroatoms. The zero-order chi connectivity index (χ0) is 13.9. The molecule has 0 saturated heterocycles. The monoisotopic (exact) mass is 273 g/mol. The van der Waals surface area contributed by atoms with Crippen molar-refractivity contribution in [1.29, 1.82) is 0 Å². The van der Waals surface area contributed by atoms with E-state index in [1.807, 2.05) is 18.2 Å². The molecule has 1 aliphatic carbocycles. The van der Waals surface area contributed by atoms with Crippen molar-refractivity contribution in [2.75, 3.05) is 6.54 Å². The summed E-state index contributed by atoms with van der Waals surface area (Å²) < 4.78 is 5.13. The largest absolute Gasteiger partial charge is 0.356 e. The van der Waals surface area contributed by atoms with Gasteiger partial charge < -0.3 is 15.2 Å². The molecule has 20 heavy (non-hydrogen) atoms. The van der Waals surface area contributed by atoms with Crippen molar-refractivity contribution < 1.29 is 14.1 Å². The molecule has 1 aliphatic rings. The molecular formula is C14H15N3O3. The maximum absolute atomic E-state index is 11.8. The highest BCUT2D eigenvalue weighted by Gasteiger charge is 2.23. The quantitative estimate of drug-likeness (QED) is 0.842. The molecule has 2 N–H and O–H groups in total. The Bertz CT molecular complexity index is 646. The Kier molecular flexibility index (Phi) is 3.37. The molecule has 6 nitrogen and oxygen atoms in total. The molecule has 104 valence electrons. The van der Waals surface area contributed by atoms with Crippen LogP contribution in [-0.4, -0.2) is 29.6 Å². The van der Waals surface area contributed by atoms with Crippen LogP contribution in [0.15, 0.2) is 28.8 Å². The van der Waals surface area contributed by atoms with E-state index < -0.39 is 0 Å². The molecule has 2 amide bonds. The van der Waals surface area contributed by atoms with Crippen molar-refractivity contribution >= 4 is 22.8 Å². The summed E-state index contributed by atoms with van der Waals surface area (Å²) in [5.41, 5.74) is 1.24. The summed E-state index contributed by atoms with van der Waals surface area (Å²) in [5, 5.41) is 10.1. The molecule has 1 saturated carbocycles. The minimum absolute atomic E-state index is 0.00508. The Morgan fingerprint density at radius 3 is 2.85 bits per heavy atom. The average molecular weight is 273 g/mol. The Hall–Kier alpha value is -2.37. The first kappa shape index (κ1) is 12.7. The second kappa shape index (κ2) is 5.32. The summed E-state index contributed by atoms with van der Waals surface area (Å²) in [6.45, 7) is 0.00508. The lowest BCUT2D eigenvalue weighted by molar-refractivity contribution is -0.125. The van der Waals surface area contributed by atoms with Crippen molar-refractivity contribution in [3.8, 4) is 0 Å². The maximum atomic E-state index is 11.8. The first-order valence-electron chi connectivity index (χ1n) is 6.62. The highest BCUT2D eigenvalue weighted by atomic mass is 16.5. The predicted molar refractivity (Wildman–Crippen MR) is 71.9 cm³/mol. The number of hydrogen-bond donors (Lipinski definition) is 2. The molecule has 0 atom stereocenters. The molecular weight excluding hydrogens is 258 g/mol. The van der Waals surface area contributed by atoms with Crippen LogP contribution in [0, 0.1) is 0 Å².